The molecule has 0 saturated carbocycles. The van der Waals surface area contributed by atoms with Gasteiger partial charge in [-0.1, -0.05) is 24.3 Å². The molecule has 0 aliphatic carbocycles. The van der Waals surface area contributed by atoms with Gasteiger partial charge in [0.1, 0.15) is 29.7 Å². The molecule has 0 bridgehead atoms. The summed E-state index contributed by atoms with van der Waals surface area (Å²) in [5, 5.41) is 0. The molecule has 7 heteroatoms. The molecule has 1 amide bonds. The van der Waals surface area contributed by atoms with Gasteiger partial charge in [0.15, 0.2) is 0 Å². The number of ether oxygens (including phenoxy) is 1. The smallest absolute Gasteiger partial charge is 0.270 e. The Bertz CT molecular complexity index is 1600. The molecule has 6 rings (SSSR count). The van der Waals surface area contributed by atoms with Crippen molar-refractivity contribution >= 4 is 16.9 Å². The fourth-order valence-corrected chi connectivity index (χ4v) is 4.80. The number of hydrogen-bond acceptors (Lipinski definition) is 3. The number of benzene rings is 3. The first-order valence-corrected chi connectivity index (χ1v) is 11.9. The van der Waals surface area contributed by atoms with Gasteiger partial charge in [-0.3, -0.25) is 4.79 Å². The Morgan fingerprint density at radius 3 is 2.56 bits per heavy atom. The van der Waals surface area contributed by atoms with Crippen LogP contribution in [0.5, 0.6) is 5.75 Å². The van der Waals surface area contributed by atoms with Crippen molar-refractivity contribution in [2.75, 3.05) is 13.2 Å². The normalized spacial score (nSPS) is 13.4. The van der Waals surface area contributed by atoms with Crippen LogP contribution in [0.25, 0.3) is 33.3 Å². The van der Waals surface area contributed by atoms with Gasteiger partial charge >= 0.3 is 0 Å². The van der Waals surface area contributed by atoms with Gasteiger partial charge in [0.2, 0.25) is 0 Å². The number of halogens is 1. The minimum absolute atomic E-state index is 0.0675. The first-order valence-electron chi connectivity index (χ1n) is 11.9. The summed E-state index contributed by atoms with van der Waals surface area (Å²) in [6.07, 6.45) is 1.90. The summed E-state index contributed by atoms with van der Waals surface area (Å²) in [6.45, 7) is 3.30. The van der Waals surface area contributed by atoms with E-state index in [1.165, 1.54) is 12.1 Å². The molecule has 3 aromatic carbocycles. The zero-order chi connectivity index (χ0) is 24.8. The van der Waals surface area contributed by atoms with Gasteiger partial charge in [-0.15, -0.1) is 0 Å². The van der Waals surface area contributed by atoms with Crippen molar-refractivity contribution in [1.82, 2.24) is 19.4 Å². The van der Waals surface area contributed by atoms with Gasteiger partial charge in [0.25, 0.3) is 5.91 Å². The van der Waals surface area contributed by atoms with E-state index in [4.69, 9.17) is 4.74 Å². The largest absolute Gasteiger partial charge is 0.491 e. The van der Waals surface area contributed by atoms with Crippen molar-refractivity contribution in [3.8, 4) is 28.0 Å². The van der Waals surface area contributed by atoms with E-state index in [9.17, 15) is 9.18 Å². The molecule has 5 aromatic rings. The minimum Gasteiger partial charge on any atom is -0.491 e. The maximum Gasteiger partial charge on any atom is 0.270 e. The van der Waals surface area contributed by atoms with Crippen LogP contribution in [-0.2, 0) is 13.6 Å². The van der Waals surface area contributed by atoms with E-state index in [1.54, 1.807) is 12.1 Å². The number of amides is 1. The highest BCUT2D eigenvalue weighted by Crippen LogP contribution is 2.31. The van der Waals surface area contributed by atoms with E-state index < -0.39 is 0 Å². The second-order valence-corrected chi connectivity index (χ2v) is 9.18. The van der Waals surface area contributed by atoms with Crippen molar-refractivity contribution < 1.29 is 13.9 Å². The highest BCUT2D eigenvalue weighted by Gasteiger charge is 2.24. The molecule has 0 radical (unpaired) electrons. The topological polar surface area (TPSA) is 63.1 Å². The predicted molar refractivity (Wildman–Crippen MR) is 137 cm³/mol. The van der Waals surface area contributed by atoms with E-state index in [2.05, 4.69) is 28.2 Å². The number of nitrogens with zero attached hydrogens (tertiary/aromatic N) is 3. The first-order chi connectivity index (χ1) is 17.4. The van der Waals surface area contributed by atoms with E-state index in [0.717, 1.165) is 50.4 Å². The molecular weight excluding hydrogens is 455 g/mol. The lowest BCUT2D eigenvalue weighted by Gasteiger charge is -2.20. The van der Waals surface area contributed by atoms with Crippen LogP contribution >= 0.6 is 0 Å². The van der Waals surface area contributed by atoms with Crippen molar-refractivity contribution in [3.63, 3.8) is 0 Å². The first kappa shape index (κ1) is 22.1. The Morgan fingerprint density at radius 2 is 1.72 bits per heavy atom. The third-order valence-corrected chi connectivity index (χ3v) is 6.66. The van der Waals surface area contributed by atoms with Crippen LogP contribution in [0.4, 0.5) is 4.39 Å². The molecule has 6 nitrogen and oxygen atoms in total. The molecule has 0 fully saturated rings. The molecule has 1 aliphatic heterocycles. The van der Waals surface area contributed by atoms with Crippen LogP contribution in [0.15, 0.2) is 72.9 Å². The van der Waals surface area contributed by atoms with E-state index in [0.29, 0.717) is 25.4 Å². The maximum atomic E-state index is 13.6. The fourth-order valence-electron chi connectivity index (χ4n) is 4.80. The quantitative estimate of drug-likeness (QED) is 0.359. The van der Waals surface area contributed by atoms with Gasteiger partial charge in [0.05, 0.1) is 17.6 Å². The van der Waals surface area contributed by atoms with E-state index in [-0.39, 0.29) is 11.7 Å². The zero-order valence-electron chi connectivity index (χ0n) is 20.1. The molecule has 0 unspecified atom stereocenters. The molecule has 0 atom stereocenters. The molecule has 36 heavy (non-hydrogen) atoms. The number of imidazole rings is 1. The van der Waals surface area contributed by atoms with Crippen LogP contribution in [-0.4, -0.2) is 38.5 Å². The summed E-state index contributed by atoms with van der Waals surface area (Å²) in [5.74, 6) is 1.33. The van der Waals surface area contributed by atoms with E-state index >= 15 is 0 Å². The van der Waals surface area contributed by atoms with Crippen LogP contribution in [0.2, 0.25) is 0 Å². The van der Waals surface area contributed by atoms with Gasteiger partial charge < -0.3 is 19.2 Å². The summed E-state index contributed by atoms with van der Waals surface area (Å²) in [7, 11) is 1.86. The average Bonchev–Trinajstić information content (AvgIpc) is 3.37. The number of fused-ring (bicyclic) bond motifs is 2. The standard InChI is InChI=1S/C29H25FN4O2/c1-18-31-25-9-5-21(14-26(25)32-18)20-6-10-28-23(13-20)17-34(11-12-36-28)29(35)27-15-22(16-33(27)2)19-3-7-24(30)8-4-19/h3-10,13-16H,11-12,17H2,1-2H3,(H,31,32). The number of hydrogen-bond donors (Lipinski definition) is 1. The number of carbonyl (C=O) groups is 1. The second-order valence-electron chi connectivity index (χ2n) is 9.18. The Balaban J connectivity index is 1.29. The summed E-state index contributed by atoms with van der Waals surface area (Å²) >= 11 is 0. The summed E-state index contributed by atoms with van der Waals surface area (Å²) < 4.78 is 21.2. The summed E-state index contributed by atoms with van der Waals surface area (Å²) in [4.78, 5) is 23.2. The number of rotatable bonds is 3. The lowest BCUT2D eigenvalue weighted by molar-refractivity contribution is 0.0723. The number of nitrogens with one attached hydrogen (secondary N) is 1. The van der Waals surface area contributed by atoms with Crippen molar-refractivity contribution in [2.24, 2.45) is 7.05 Å². The van der Waals surface area contributed by atoms with Gasteiger partial charge in [-0.2, -0.15) is 0 Å². The molecule has 1 N–H and O–H groups in total. The predicted octanol–water partition coefficient (Wildman–Crippen LogP) is 5.72. The third-order valence-electron chi connectivity index (χ3n) is 6.66. The monoisotopic (exact) mass is 480 g/mol. The number of aryl methyl sites for hydroxylation is 2. The SMILES string of the molecule is Cc1nc2ccc(-c3ccc4c(c3)CN(C(=O)c3cc(-c5ccc(F)cc5)cn3C)CCO4)cc2[nH]1. The third kappa shape index (κ3) is 4.02. The molecular formula is C29H25FN4O2. The number of aromatic nitrogens is 3. The highest BCUT2D eigenvalue weighted by molar-refractivity contribution is 5.94. The Hall–Kier alpha value is -4.39. The van der Waals surface area contributed by atoms with E-state index in [1.807, 2.05) is 53.9 Å². The number of H-pyrrole nitrogens is 1. The fraction of sp³-hybridized carbons (Fsp3) is 0.172. The summed E-state index contributed by atoms with van der Waals surface area (Å²) in [6, 6.07) is 20.5. The van der Waals surface area contributed by atoms with Crippen molar-refractivity contribution in [1.29, 1.82) is 0 Å². The van der Waals surface area contributed by atoms with Gasteiger partial charge in [-0.25, -0.2) is 9.37 Å². The molecule has 0 saturated heterocycles. The number of carbonyl (C=O) groups excluding carboxylic acids is 1. The molecule has 2 aromatic heterocycles. The lowest BCUT2D eigenvalue weighted by atomic mass is 10.0. The van der Waals surface area contributed by atoms with Crippen molar-refractivity contribution in [2.45, 2.75) is 13.5 Å². The molecule has 180 valence electrons. The lowest BCUT2D eigenvalue weighted by Crippen LogP contribution is -2.33. The van der Waals surface area contributed by atoms with Gasteiger partial charge in [0, 0.05) is 30.9 Å². The maximum absolute atomic E-state index is 13.6. The van der Waals surface area contributed by atoms with Crippen LogP contribution in [0.1, 0.15) is 21.9 Å². The van der Waals surface area contributed by atoms with Crippen LogP contribution in [0, 0.1) is 12.7 Å². The zero-order valence-corrected chi connectivity index (χ0v) is 20.1. The Kier molecular flexibility index (Phi) is 5.33. The minimum atomic E-state index is -0.284. The number of aromatic amines is 1. The average molecular weight is 481 g/mol. The summed E-state index contributed by atoms with van der Waals surface area (Å²) in [5.41, 5.74) is 7.34. The molecule has 0 spiro atoms. The molecule has 1 aliphatic rings. The van der Waals surface area contributed by atoms with Gasteiger partial charge in [-0.05, 0) is 66.1 Å². The Morgan fingerprint density at radius 1 is 0.972 bits per heavy atom. The highest BCUT2D eigenvalue weighted by atomic mass is 19.1. The van der Waals surface area contributed by atoms with Crippen LogP contribution in [0.3, 0.4) is 0 Å². The van der Waals surface area contributed by atoms with Crippen molar-refractivity contribution in [3.05, 3.63) is 95.8 Å². The molecule has 3 heterocycles. The van der Waals surface area contributed by atoms with Crippen LogP contribution < -0.4 is 4.74 Å². The Labute approximate surface area is 208 Å². The second kappa shape index (κ2) is 8.68.